The lowest BCUT2D eigenvalue weighted by molar-refractivity contribution is 0.434. The van der Waals surface area contributed by atoms with Gasteiger partial charge in [-0.3, -0.25) is 0 Å². The summed E-state index contributed by atoms with van der Waals surface area (Å²) in [4.78, 5) is 0.371. The van der Waals surface area contributed by atoms with Gasteiger partial charge in [-0.2, -0.15) is 0 Å². The van der Waals surface area contributed by atoms with Crippen LogP contribution >= 0.6 is 0 Å². The molecule has 0 fully saturated rings. The van der Waals surface area contributed by atoms with Crippen LogP contribution in [0.15, 0.2) is 29.2 Å². The highest BCUT2D eigenvalue weighted by Crippen LogP contribution is 2.16. The van der Waals surface area contributed by atoms with E-state index < -0.39 is 10.0 Å². The van der Waals surface area contributed by atoms with Crippen molar-refractivity contribution in [1.82, 2.24) is 4.72 Å². The van der Waals surface area contributed by atoms with Crippen LogP contribution in [0.4, 0.5) is 0 Å². The molecule has 1 aromatic rings. The van der Waals surface area contributed by atoms with E-state index in [-0.39, 0.29) is 6.04 Å². The van der Waals surface area contributed by atoms with Gasteiger partial charge in [0.15, 0.2) is 0 Å². The first-order valence-corrected chi connectivity index (χ1v) is 7.44. The van der Waals surface area contributed by atoms with E-state index >= 15 is 0 Å². The maximum Gasteiger partial charge on any atom is 0.241 e. The molecule has 96 valence electrons. The number of hydrogen-bond acceptors (Lipinski definition) is 2. The third-order valence-electron chi connectivity index (χ3n) is 3.22. The van der Waals surface area contributed by atoms with E-state index in [1.807, 2.05) is 32.9 Å². The highest BCUT2D eigenvalue weighted by molar-refractivity contribution is 7.89. The third-order valence-corrected chi connectivity index (χ3v) is 4.94. The van der Waals surface area contributed by atoms with Gasteiger partial charge < -0.3 is 0 Å². The van der Waals surface area contributed by atoms with Crippen LogP contribution in [-0.4, -0.2) is 14.5 Å². The van der Waals surface area contributed by atoms with E-state index in [2.05, 4.69) is 11.6 Å². The van der Waals surface area contributed by atoms with E-state index in [0.29, 0.717) is 10.8 Å². The molecule has 4 heteroatoms. The van der Waals surface area contributed by atoms with Gasteiger partial charge in [-0.05, 0) is 31.4 Å². The van der Waals surface area contributed by atoms with Gasteiger partial charge in [-0.15, -0.1) is 0 Å². The summed E-state index contributed by atoms with van der Waals surface area (Å²) < 4.78 is 27.1. The summed E-state index contributed by atoms with van der Waals surface area (Å²) in [6.07, 6.45) is 0.956. The molecule has 2 unspecified atom stereocenters. The Morgan fingerprint density at radius 3 is 2.35 bits per heavy atom. The Balaban J connectivity index is 2.94. The van der Waals surface area contributed by atoms with Gasteiger partial charge in [-0.25, -0.2) is 13.1 Å². The van der Waals surface area contributed by atoms with Crippen LogP contribution in [0.25, 0.3) is 0 Å². The van der Waals surface area contributed by atoms with Gasteiger partial charge in [0.25, 0.3) is 0 Å². The largest absolute Gasteiger partial charge is 0.241 e. The van der Waals surface area contributed by atoms with Crippen molar-refractivity contribution < 1.29 is 8.42 Å². The van der Waals surface area contributed by atoms with E-state index in [9.17, 15) is 8.42 Å². The van der Waals surface area contributed by atoms with Crippen LogP contribution in [0.2, 0.25) is 0 Å². The van der Waals surface area contributed by atoms with Crippen molar-refractivity contribution in [1.29, 1.82) is 0 Å². The van der Waals surface area contributed by atoms with E-state index in [4.69, 9.17) is 0 Å². The molecule has 0 aliphatic heterocycles. The molecule has 2 atom stereocenters. The van der Waals surface area contributed by atoms with Gasteiger partial charge in [-0.1, -0.05) is 38.5 Å². The average Bonchev–Trinajstić information content (AvgIpc) is 2.27. The van der Waals surface area contributed by atoms with Gasteiger partial charge in [0.1, 0.15) is 0 Å². The topological polar surface area (TPSA) is 46.2 Å². The minimum absolute atomic E-state index is 0.0513. The molecule has 1 rings (SSSR count). The molecule has 0 spiro atoms. The summed E-state index contributed by atoms with van der Waals surface area (Å²) in [7, 11) is -3.40. The molecular formula is C13H21NO2S. The van der Waals surface area contributed by atoms with Gasteiger partial charge in [0, 0.05) is 6.04 Å². The van der Waals surface area contributed by atoms with Crippen LogP contribution in [-0.2, 0) is 10.0 Å². The number of nitrogens with one attached hydrogen (secondary N) is 1. The van der Waals surface area contributed by atoms with Gasteiger partial charge in [0.2, 0.25) is 10.0 Å². The Bertz CT molecular complexity index is 468. The van der Waals surface area contributed by atoms with Crippen molar-refractivity contribution >= 4 is 10.0 Å². The minimum Gasteiger partial charge on any atom is -0.208 e. The van der Waals surface area contributed by atoms with E-state index in [1.54, 1.807) is 12.1 Å². The Labute approximate surface area is 104 Å². The van der Waals surface area contributed by atoms with Crippen LogP contribution in [0.3, 0.4) is 0 Å². The zero-order valence-electron chi connectivity index (χ0n) is 10.9. The predicted molar refractivity (Wildman–Crippen MR) is 70.4 cm³/mol. The number of benzene rings is 1. The van der Waals surface area contributed by atoms with Crippen molar-refractivity contribution in [3.8, 4) is 0 Å². The molecule has 0 radical (unpaired) electrons. The molecular weight excluding hydrogens is 234 g/mol. The van der Waals surface area contributed by atoms with Crippen LogP contribution < -0.4 is 4.72 Å². The fourth-order valence-corrected chi connectivity index (χ4v) is 3.23. The SMILES string of the molecule is CCC(C)C(C)NS(=O)(=O)c1ccccc1C. The van der Waals surface area contributed by atoms with Crippen molar-refractivity contribution in [2.75, 3.05) is 0 Å². The Hall–Kier alpha value is -0.870. The molecule has 17 heavy (non-hydrogen) atoms. The molecule has 0 amide bonds. The number of hydrogen-bond donors (Lipinski definition) is 1. The highest BCUT2D eigenvalue weighted by Gasteiger charge is 2.21. The molecule has 0 bridgehead atoms. The smallest absolute Gasteiger partial charge is 0.208 e. The first kappa shape index (κ1) is 14.2. The molecule has 1 aromatic carbocycles. The summed E-state index contributed by atoms with van der Waals surface area (Å²) in [6.45, 7) is 7.82. The second-order valence-corrected chi connectivity index (χ2v) is 6.24. The molecule has 0 saturated heterocycles. The molecule has 0 saturated carbocycles. The summed E-state index contributed by atoms with van der Waals surface area (Å²) in [5, 5.41) is 0. The monoisotopic (exact) mass is 255 g/mol. The van der Waals surface area contributed by atoms with E-state index in [0.717, 1.165) is 12.0 Å². The Morgan fingerprint density at radius 2 is 1.82 bits per heavy atom. The summed E-state index contributed by atoms with van der Waals surface area (Å²) in [5.41, 5.74) is 0.774. The molecule has 0 aliphatic carbocycles. The van der Waals surface area contributed by atoms with Crippen molar-refractivity contribution in [2.45, 2.75) is 45.1 Å². The first-order chi connectivity index (χ1) is 7.88. The Kier molecular flexibility index (Phi) is 4.71. The van der Waals surface area contributed by atoms with Crippen LogP contribution in [0.1, 0.15) is 32.8 Å². The minimum atomic E-state index is -3.40. The average molecular weight is 255 g/mol. The molecule has 0 aromatic heterocycles. The van der Waals surface area contributed by atoms with Crippen LogP contribution in [0, 0.1) is 12.8 Å². The second kappa shape index (κ2) is 5.65. The molecule has 0 heterocycles. The highest BCUT2D eigenvalue weighted by atomic mass is 32.2. The molecule has 1 N–H and O–H groups in total. The number of sulfonamides is 1. The standard InChI is InChI=1S/C13H21NO2S/c1-5-10(2)12(4)14-17(15,16)13-9-7-6-8-11(13)3/h6-10,12,14H,5H2,1-4H3. The molecule has 3 nitrogen and oxygen atoms in total. The zero-order valence-corrected chi connectivity index (χ0v) is 11.7. The maximum atomic E-state index is 12.2. The van der Waals surface area contributed by atoms with Gasteiger partial charge >= 0.3 is 0 Å². The zero-order chi connectivity index (χ0) is 13.1. The third kappa shape index (κ3) is 3.54. The number of rotatable bonds is 5. The Morgan fingerprint density at radius 1 is 1.24 bits per heavy atom. The fourth-order valence-electron chi connectivity index (χ4n) is 1.64. The second-order valence-electron chi connectivity index (χ2n) is 4.56. The summed E-state index contributed by atoms with van der Waals surface area (Å²) >= 11 is 0. The van der Waals surface area contributed by atoms with Gasteiger partial charge in [0.05, 0.1) is 4.90 Å². The summed E-state index contributed by atoms with van der Waals surface area (Å²) in [6, 6.07) is 6.98. The normalized spacial score (nSPS) is 15.5. The van der Waals surface area contributed by atoms with Crippen LogP contribution in [0.5, 0.6) is 0 Å². The quantitative estimate of drug-likeness (QED) is 0.879. The number of aryl methyl sites for hydroxylation is 1. The first-order valence-electron chi connectivity index (χ1n) is 5.96. The van der Waals surface area contributed by atoms with Crippen molar-refractivity contribution in [3.05, 3.63) is 29.8 Å². The van der Waals surface area contributed by atoms with Crippen molar-refractivity contribution in [3.63, 3.8) is 0 Å². The van der Waals surface area contributed by atoms with Crippen molar-refractivity contribution in [2.24, 2.45) is 5.92 Å². The lowest BCUT2D eigenvalue weighted by Gasteiger charge is -2.20. The lowest BCUT2D eigenvalue weighted by Crippen LogP contribution is -2.37. The lowest BCUT2D eigenvalue weighted by atomic mass is 10.0. The maximum absolute atomic E-state index is 12.2. The fraction of sp³-hybridized carbons (Fsp3) is 0.538. The molecule has 0 aliphatic rings. The predicted octanol–water partition coefficient (Wildman–Crippen LogP) is 2.71. The summed E-state index contributed by atoms with van der Waals surface area (Å²) in [5.74, 6) is 0.328. The van der Waals surface area contributed by atoms with E-state index in [1.165, 1.54) is 0 Å².